The van der Waals surface area contributed by atoms with E-state index < -0.39 is 0 Å². The highest BCUT2D eigenvalue weighted by atomic mass is 32.1. The Morgan fingerprint density at radius 1 is 0.375 bits per heavy atom. The molecule has 10 aromatic carbocycles. The summed E-state index contributed by atoms with van der Waals surface area (Å²) in [7, 11) is 0. The first-order valence-corrected chi connectivity index (χ1v) is 20.4. The number of benzene rings is 10. The quantitative estimate of drug-likeness (QED) is 0.159. The van der Waals surface area contributed by atoms with Crippen LogP contribution in [0.4, 0.5) is 0 Å². The summed E-state index contributed by atoms with van der Waals surface area (Å²) in [6, 6.07) is 68.0. The average Bonchev–Trinajstić information content (AvgIpc) is 3.75. The van der Waals surface area contributed by atoms with Crippen molar-refractivity contribution in [2.24, 2.45) is 0 Å². The van der Waals surface area contributed by atoms with Gasteiger partial charge in [0.2, 0.25) is 0 Å². The summed E-state index contributed by atoms with van der Waals surface area (Å²) in [5.74, 6) is 0. The lowest BCUT2D eigenvalue weighted by Crippen LogP contribution is -2.15. The minimum Gasteiger partial charge on any atom is -0.135 e. The summed E-state index contributed by atoms with van der Waals surface area (Å²) < 4.78 is 2.77. The Bertz CT molecular complexity index is 3380. The number of rotatable bonds is 3. The lowest BCUT2D eigenvalue weighted by Gasteiger charge is -2.23. The van der Waals surface area contributed by atoms with E-state index >= 15 is 0 Å². The van der Waals surface area contributed by atoms with Crippen molar-refractivity contribution in [2.45, 2.75) is 19.3 Å². The molecule has 1 aliphatic carbocycles. The van der Waals surface area contributed by atoms with Crippen molar-refractivity contribution < 1.29 is 0 Å². The maximum atomic E-state index is 2.47. The van der Waals surface area contributed by atoms with Gasteiger partial charge in [0.05, 0.1) is 0 Å². The van der Waals surface area contributed by atoms with Crippen molar-refractivity contribution >= 4 is 74.6 Å². The van der Waals surface area contributed by atoms with Crippen molar-refractivity contribution in [3.63, 3.8) is 0 Å². The first-order chi connectivity index (χ1) is 27.5. The lowest BCUT2D eigenvalue weighted by atomic mass is 9.79. The lowest BCUT2D eigenvalue weighted by molar-refractivity contribution is 0.667. The van der Waals surface area contributed by atoms with E-state index in [1.165, 1.54) is 119 Å². The molecule has 0 aliphatic heterocycles. The van der Waals surface area contributed by atoms with Crippen LogP contribution in [-0.2, 0) is 5.41 Å². The molecule has 0 atom stereocenters. The molecule has 0 spiro atoms. The standard InChI is InChI=1S/C55H36S/c1-55(2)47-29-28-37(32-46(47)51-43-20-10-11-21-44(43)54-52(53(51)55)45-22-12-13-23-48(45)56-54)35-24-25-36-31-38(27-26-34(36)30-35)50-41-18-8-6-16-39(41)49(33-14-4-3-5-15-33)40-17-7-9-19-42(40)50/h3-32H,1-2H3. The highest BCUT2D eigenvalue weighted by molar-refractivity contribution is 7.26. The van der Waals surface area contributed by atoms with Gasteiger partial charge in [0.15, 0.2) is 0 Å². The summed E-state index contributed by atoms with van der Waals surface area (Å²) in [6.07, 6.45) is 0. The molecule has 1 heteroatoms. The monoisotopic (exact) mass is 728 g/mol. The number of hydrogen-bond donors (Lipinski definition) is 0. The fourth-order valence-corrected chi connectivity index (χ4v) is 11.3. The molecule has 1 aromatic heterocycles. The second-order valence-electron chi connectivity index (χ2n) is 16.0. The maximum absolute atomic E-state index is 2.47. The van der Waals surface area contributed by atoms with E-state index in [9.17, 15) is 0 Å². The molecule has 262 valence electrons. The minimum absolute atomic E-state index is 0.122. The number of fused-ring (bicyclic) bond motifs is 13. The Morgan fingerprint density at radius 2 is 0.857 bits per heavy atom. The summed E-state index contributed by atoms with van der Waals surface area (Å²) in [4.78, 5) is 0. The van der Waals surface area contributed by atoms with Crippen LogP contribution in [0.1, 0.15) is 25.0 Å². The zero-order chi connectivity index (χ0) is 37.1. The van der Waals surface area contributed by atoms with E-state index in [2.05, 4.69) is 196 Å². The van der Waals surface area contributed by atoms with Crippen LogP contribution in [0.5, 0.6) is 0 Å². The fourth-order valence-electron chi connectivity index (χ4n) is 10.1. The van der Waals surface area contributed by atoms with Crippen LogP contribution in [0, 0.1) is 0 Å². The van der Waals surface area contributed by atoms with Gasteiger partial charge in [0.25, 0.3) is 0 Å². The molecule has 56 heavy (non-hydrogen) atoms. The third kappa shape index (κ3) is 4.41. The van der Waals surface area contributed by atoms with E-state index in [0.717, 1.165) is 0 Å². The van der Waals surface area contributed by atoms with Crippen molar-refractivity contribution in [3.05, 3.63) is 193 Å². The van der Waals surface area contributed by atoms with E-state index in [4.69, 9.17) is 0 Å². The average molecular weight is 729 g/mol. The van der Waals surface area contributed by atoms with Crippen LogP contribution in [-0.4, -0.2) is 0 Å². The van der Waals surface area contributed by atoms with E-state index in [1.807, 2.05) is 11.3 Å². The first kappa shape index (κ1) is 31.8. The van der Waals surface area contributed by atoms with Gasteiger partial charge >= 0.3 is 0 Å². The Morgan fingerprint density at radius 3 is 1.52 bits per heavy atom. The molecule has 0 fully saturated rings. The maximum Gasteiger partial charge on any atom is 0.0437 e. The molecule has 0 saturated carbocycles. The van der Waals surface area contributed by atoms with Crippen molar-refractivity contribution in [3.8, 4) is 44.5 Å². The smallest absolute Gasteiger partial charge is 0.0437 e. The summed E-state index contributed by atoms with van der Waals surface area (Å²) in [5.41, 5.74) is 13.1. The molecule has 11 aromatic rings. The molecule has 1 heterocycles. The van der Waals surface area contributed by atoms with Crippen molar-refractivity contribution in [2.75, 3.05) is 0 Å². The molecule has 0 bridgehead atoms. The van der Waals surface area contributed by atoms with E-state index in [0.29, 0.717) is 0 Å². The van der Waals surface area contributed by atoms with Crippen LogP contribution in [0.3, 0.4) is 0 Å². The molecule has 12 rings (SSSR count). The Balaban J connectivity index is 1.02. The SMILES string of the molecule is CC1(C)c2ccc(-c3ccc4cc(-c5c6ccccc6c(-c6ccccc6)c6ccccc56)ccc4c3)cc2-c2c1c1c3ccccc3sc1c1ccccc21. The third-order valence-electron chi connectivity index (χ3n) is 12.6. The van der Waals surface area contributed by atoms with Crippen LogP contribution in [0.2, 0.25) is 0 Å². The highest BCUT2D eigenvalue weighted by Gasteiger charge is 2.39. The summed E-state index contributed by atoms with van der Waals surface area (Å²) in [5, 5.41) is 13.1. The fraction of sp³-hybridized carbons (Fsp3) is 0.0545. The van der Waals surface area contributed by atoms with Gasteiger partial charge in [0.1, 0.15) is 0 Å². The van der Waals surface area contributed by atoms with Gasteiger partial charge in [-0.05, 0) is 118 Å². The molecule has 1 aliphatic rings. The molecule has 0 radical (unpaired) electrons. The molecule has 0 unspecified atom stereocenters. The van der Waals surface area contributed by atoms with Gasteiger partial charge in [0, 0.05) is 31.0 Å². The minimum atomic E-state index is -0.122. The van der Waals surface area contributed by atoms with Crippen molar-refractivity contribution in [1.82, 2.24) is 0 Å². The van der Waals surface area contributed by atoms with Gasteiger partial charge in [-0.25, -0.2) is 0 Å². The predicted octanol–water partition coefficient (Wildman–Crippen LogP) is 16.0. The van der Waals surface area contributed by atoms with E-state index in [-0.39, 0.29) is 5.41 Å². The number of thiophene rings is 1. The van der Waals surface area contributed by atoms with Crippen molar-refractivity contribution in [1.29, 1.82) is 0 Å². The predicted molar refractivity (Wildman–Crippen MR) is 243 cm³/mol. The summed E-state index contributed by atoms with van der Waals surface area (Å²) in [6.45, 7) is 4.85. The third-order valence-corrected chi connectivity index (χ3v) is 13.8. The topological polar surface area (TPSA) is 0 Å². The largest absolute Gasteiger partial charge is 0.135 e. The van der Waals surface area contributed by atoms with Gasteiger partial charge in [-0.3, -0.25) is 0 Å². The second kappa shape index (κ2) is 11.7. The van der Waals surface area contributed by atoms with Crippen LogP contribution < -0.4 is 0 Å². The Labute approximate surface area is 329 Å². The van der Waals surface area contributed by atoms with Gasteiger partial charge < -0.3 is 0 Å². The normalized spacial score (nSPS) is 13.3. The summed E-state index contributed by atoms with van der Waals surface area (Å²) >= 11 is 1.94. The van der Waals surface area contributed by atoms with Gasteiger partial charge in [-0.15, -0.1) is 11.3 Å². The molecule has 0 N–H and O–H groups in total. The van der Waals surface area contributed by atoms with Gasteiger partial charge in [-0.1, -0.05) is 172 Å². The number of hydrogen-bond acceptors (Lipinski definition) is 1. The Kier molecular flexibility index (Phi) is 6.66. The van der Waals surface area contributed by atoms with Crippen LogP contribution in [0.15, 0.2) is 182 Å². The van der Waals surface area contributed by atoms with Crippen LogP contribution in [0.25, 0.3) is 108 Å². The first-order valence-electron chi connectivity index (χ1n) is 19.6. The Hall–Kier alpha value is -6.54. The van der Waals surface area contributed by atoms with Gasteiger partial charge in [-0.2, -0.15) is 0 Å². The molecular formula is C55H36S. The molecule has 0 amide bonds. The van der Waals surface area contributed by atoms with Crippen LogP contribution >= 0.6 is 11.3 Å². The zero-order valence-electron chi connectivity index (χ0n) is 31.2. The van der Waals surface area contributed by atoms with E-state index in [1.54, 1.807) is 0 Å². The second-order valence-corrected chi connectivity index (χ2v) is 17.0. The molecular weight excluding hydrogens is 693 g/mol. The molecule has 0 saturated heterocycles. The molecule has 0 nitrogen and oxygen atoms in total. The zero-order valence-corrected chi connectivity index (χ0v) is 32.0. The highest BCUT2D eigenvalue weighted by Crippen LogP contribution is 2.57.